The van der Waals surface area contributed by atoms with Gasteiger partial charge in [-0.1, -0.05) is 6.07 Å². The second-order valence-electron chi connectivity index (χ2n) is 6.07. The largest absolute Gasteiger partial charge is 0.496 e. The highest BCUT2D eigenvalue weighted by molar-refractivity contribution is 5.92. The summed E-state index contributed by atoms with van der Waals surface area (Å²) in [7, 11) is 3.29. The molecule has 0 saturated heterocycles. The van der Waals surface area contributed by atoms with Crippen LogP contribution in [0.25, 0.3) is 10.9 Å². The van der Waals surface area contributed by atoms with Crippen molar-refractivity contribution in [2.75, 3.05) is 31.0 Å². The Hall–Kier alpha value is -3.22. The molecule has 0 unspecified atom stereocenters. The van der Waals surface area contributed by atoms with Crippen molar-refractivity contribution in [2.24, 2.45) is 0 Å². The maximum absolute atomic E-state index is 6.04. The number of hydrogen-bond acceptors (Lipinski definition) is 7. The number of nitrogens with one attached hydrogen (secondary N) is 1. The van der Waals surface area contributed by atoms with E-state index in [1.54, 1.807) is 14.2 Å². The first kappa shape index (κ1) is 17.6. The van der Waals surface area contributed by atoms with Crippen molar-refractivity contribution in [3.63, 3.8) is 0 Å². The van der Waals surface area contributed by atoms with Crippen molar-refractivity contribution in [3.8, 4) is 11.5 Å². The van der Waals surface area contributed by atoms with Crippen molar-refractivity contribution >= 4 is 28.4 Å². The number of aryl methyl sites for hydroxylation is 1. The summed E-state index contributed by atoms with van der Waals surface area (Å²) in [4.78, 5) is 8.31. The second kappa shape index (κ2) is 6.95. The number of nitrogens with zero attached hydrogens (tertiary/aromatic N) is 2. The van der Waals surface area contributed by atoms with Gasteiger partial charge in [0, 0.05) is 35.3 Å². The molecule has 3 aromatic rings. The zero-order chi connectivity index (χ0) is 18.8. The fourth-order valence-corrected chi connectivity index (χ4v) is 3.06. The van der Waals surface area contributed by atoms with Gasteiger partial charge in [-0.2, -0.15) is 4.98 Å². The third-order valence-electron chi connectivity index (χ3n) is 4.52. The number of benzene rings is 2. The molecule has 136 valence electrons. The van der Waals surface area contributed by atoms with Crippen LogP contribution in [0.3, 0.4) is 0 Å². The molecule has 0 spiro atoms. The maximum atomic E-state index is 6.04. The number of hydrogen-bond donors (Lipinski definition) is 3. The Bertz CT molecular complexity index is 947. The van der Waals surface area contributed by atoms with Crippen LogP contribution in [-0.2, 0) is 6.54 Å². The minimum absolute atomic E-state index is 0.180. The van der Waals surface area contributed by atoms with Gasteiger partial charge in [-0.25, -0.2) is 4.98 Å². The Morgan fingerprint density at radius 1 is 0.962 bits per heavy atom. The van der Waals surface area contributed by atoms with Gasteiger partial charge >= 0.3 is 0 Å². The highest BCUT2D eigenvalue weighted by atomic mass is 16.5. The van der Waals surface area contributed by atoms with Crippen LogP contribution in [0.1, 0.15) is 16.7 Å². The van der Waals surface area contributed by atoms with Gasteiger partial charge in [-0.05, 0) is 31.0 Å². The molecule has 0 aliphatic heterocycles. The van der Waals surface area contributed by atoms with Gasteiger partial charge in [0.1, 0.15) is 17.3 Å². The predicted octanol–water partition coefficient (Wildman–Crippen LogP) is 3.04. The summed E-state index contributed by atoms with van der Waals surface area (Å²) in [5.74, 6) is 2.12. The number of anilines is 3. The number of nitrogens with two attached hydrogens (primary N) is 2. The predicted molar refractivity (Wildman–Crippen MR) is 105 cm³/mol. The highest BCUT2D eigenvalue weighted by Gasteiger charge is 2.11. The number of aromatic nitrogens is 2. The van der Waals surface area contributed by atoms with E-state index < -0.39 is 0 Å². The fourth-order valence-electron chi connectivity index (χ4n) is 3.06. The molecule has 0 fully saturated rings. The first-order chi connectivity index (χ1) is 12.4. The molecule has 0 amide bonds. The summed E-state index contributed by atoms with van der Waals surface area (Å²) in [5.41, 5.74) is 16.5. The van der Waals surface area contributed by atoms with E-state index >= 15 is 0 Å². The Labute approximate surface area is 152 Å². The monoisotopic (exact) mass is 353 g/mol. The molecule has 0 aliphatic carbocycles. The van der Waals surface area contributed by atoms with Crippen LogP contribution >= 0.6 is 0 Å². The first-order valence-corrected chi connectivity index (χ1v) is 8.22. The lowest BCUT2D eigenvalue weighted by atomic mass is 10.0. The number of ether oxygens (including phenoxy) is 2. The SMILES string of the molecule is COc1cc(NCc2ccc3nc(N)nc(N)c3c2C)cc(OC)c1C. The topological polar surface area (TPSA) is 108 Å². The third kappa shape index (κ3) is 3.15. The molecule has 2 aromatic carbocycles. The lowest BCUT2D eigenvalue weighted by molar-refractivity contribution is 0.389. The van der Waals surface area contributed by atoms with Gasteiger partial charge in [0.2, 0.25) is 5.95 Å². The third-order valence-corrected chi connectivity index (χ3v) is 4.52. The van der Waals surface area contributed by atoms with Gasteiger partial charge in [0.05, 0.1) is 19.7 Å². The van der Waals surface area contributed by atoms with Crippen molar-refractivity contribution < 1.29 is 9.47 Å². The maximum Gasteiger partial charge on any atom is 0.222 e. The van der Waals surface area contributed by atoms with Crippen molar-refractivity contribution in [1.29, 1.82) is 0 Å². The molecule has 5 N–H and O–H groups in total. The average molecular weight is 353 g/mol. The van der Waals surface area contributed by atoms with E-state index in [4.69, 9.17) is 20.9 Å². The molecule has 7 heteroatoms. The summed E-state index contributed by atoms with van der Waals surface area (Å²) in [5, 5.41) is 4.24. The summed E-state index contributed by atoms with van der Waals surface area (Å²) in [6, 6.07) is 7.82. The van der Waals surface area contributed by atoms with E-state index in [9.17, 15) is 0 Å². The number of rotatable bonds is 5. The van der Waals surface area contributed by atoms with E-state index in [0.717, 1.165) is 44.8 Å². The molecule has 0 atom stereocenters. The summed E-state index contributed by atoms with van der Waals surface area (Å²) < 4.78 is 10.8. The zero-order valence-corrected chi connectivity index (χ0v) is 15.4. The van der Waals surface area contributed by atoms with Gasteiger partial charge in [0.25, 0.3) is 0 Å². The molecule has 0 aliphatic rings. The van der Waals surface area contributed by atoms with Crippen LogP contribution in [0.5, 0.6) is 11.5 Å². The Kier molecular flexibility index (Phi) is 4.71. The summed E-state index contributed by atoms with van der Waals surface area (Å²) in [6.45, 7) is 4.58. The highest BCUT2D eigenvalue weighted by Crippen LogP contribution is 2.32. The normalized spacial score (nSPS) is 10.8. The van der Waals surface area contributed by atoms with Crippen LogP contribution in [0, 0.1) is 13.8 Å². The minimum atomic E-state index is 0.180. The number of methoxy groups -OCH3 is 2. The van der Waals surface area contributed by atoms with Crippen LogP contribution in [0.15, 0.2) is 24.3 Å². The molecular formula is C19H23N5O2. The lowest BCUT2D eigenvalue weighted by Crippen LogP contribution is -2.06. The smallest absolute Gasteiger partial charge is 0.222 e. The summed E-state index contributed by atoms with van der Waals surface area (Å²) >= 11 is 0. The lowest BCUT2D eigenvalue weighted by Gasteiger charge is -2.15. The Morgan fingerprint density at radius 3 is 2.23 bits per heavy atom. The molecular weight excluding hydrogens is 330 g/mol. The minimum Gasteiger partial charge on any atom is -0.496 e. The molecule has 1 aromatic heterocycles. The van der Waals surface area contributed by atoms with E-state index in [2.05, 4.69) is 15.3 Å². The quantitative estimate of drug-likeness (QED) is 0.647. The van der Waals surface area contributed by atoms with Crippen molar-refractivity contribution in [1.82, 2.24) is 9.97 Å². The first-order valence-electron chi connectivity index (χ1n) is 8.22. The van der Waals surface area contributed by atoms with Gasteiger partial charge in [-0.15, -0.1) is 0 Å². The Morgan fingerprint density at radius 2 is 1.62 bits per heavy atom. The van der Waals surface area contributed by atoms with Gasteiger partial charge < -0.3 is 26.3 Å². The Balaban J connectivity index is 1.92. The zero-order valence-electron chi connectivity index (χ0n) is 15.4. The van der Waals surface area contributed by atoms with Crippen LogP contribution in [0.4, 0.5) is 17.5 Å². The molecule has 0 saturated carbocycles. The summed E-state index contributed by atoms with van der Waals surface area (Å²) in [6.07, 6.45) is 0. The van der Waals surface area contributed by atoms with E-state index in [1.807, 2.05) is 38.1 Å². The molecule has 3 rings (SSSR count). The molecule has 7 nitrogen and oxygen atoms in total. The van der Waals surface area contributed by atoms with E-state index in [-0.39, 0.29) is 5.95 Å². The van der Waals surface area contributed by atoms with E-state index in [1.165, 1.54) is 0 Å². The van der Waals surface area contributed by atoms with Gasteiger partial charge in [0.15, 0.2) is 0 Å². The average Bonchev–Trinajstić information content (AvgIpc) is 2.61. The second-order valence-corrected chi connectivity index (χ2v) is 6.07. The van der Waals surface area contributed by atoms with Crippen molar-refractivity contribution in [2.45, 2.75) is 20.4 Å². The van der Waals surface area contributed by atoms with Crippen LogP contribution in [-0.4, -0.2) is 24.2 Å². The van der Waals surface area contributed by atoms with Crippen LogP contribution < -0.4 is 26.3 Å². The molecule has 0 radical (unpaired) electrons. The van der Waals surface area contributed by atoms with Crippen molar-refractivity contribution in [3.05, 3.63) is 41.0 Å². The fraction of sp³-hybridized carbons (Fsp3) is 0.263. The van der Waals surface area contributed by atoms with Gasteiger partial charge in [-0.3, -0.25) is 0 Å². The molecule has 26 heavy (non-hydrogen) atoms. The number of fused-ring (bicyclic) bond motifs is 1. The van der Waals surface area contributed by atoms with Crippen LogP contribution in [0.2, 0.25) is 0 Å². The molecule has 1 heterocycles. The number of nitrogen functional groups attached to an aromatic ring is 2. The molecule has 0 bridgehead atoms. The van der Waals surface area contributed by atoms with E-state index in [0.29, 0.717) is 12.4 Å². The standard InChI is InChI=1S/C19H23N5O2/c1-10-12(5-6-14-17(10)18(20)24-19(21)23-14)9-22-13-7-15(25-3)11(2)16(8-13)26-4/h5-8,22H,9H2,1-4H3,(H4,20,21,23,24).